The Morgan fingerprint density at radius 3 is 2.71 bits per heavy atom. The van der Waals surface area contributed by atoms with Crippen LogP contribution >= 0.6 is 0 Å². The van der Waals surface area contributed by atoms with Crippen LogP contribution in [-0.2, 0) is 0 Å². The van der Waals surface area contributed by atoms with Gasteiger partial charge in [0.25, 0.3) is 0 Å². The minimum atomic E-state index is -0.0462. The van der Waals surface area contributed by atoms with Gasteiger partial charge in [-0.1, -0.05) is 31.6 Å². The average molecular weight is 286 g/mol. The van der Waals surface area contributed by atoms with Crippen molar-refractivity contribution in [2.45, 2.75) is 71.8 Å². The zero-order valence-electron chi connectivity index (χ0n) is 13.9. The van der Waals surface area contributed by atoms with Crippen molar-refractivity contribution in [1.29, 1.82) is 0 Å². The van der Waals surface area contributed by atoms with Crippen LogP contribution in [0.1, 0.15) is 65.7 Å². The summed E-state index contributed by atoms with van der Waals surface area (Å²) in [5.74, 6) is 2.43. The quantitative estimate of drug-likeness (QED) is 0.674. The monoisotopic (exact) mass is 286 g/mol. The van der Waals surface area contributed by atoms with E-state index in [1.54, 1.807) is 11.1 Å². The van der Waals surface area contributed by atoms with Gasteiger partial charge in [0.05, 0.1) is 6.10 Å². The highest BCUT2D eigenvalue weighted by Gasteiger charge is 2.57. The van der Waals surface area contributed by atoms with Gasteiger partial charge >= 0.3 is 0 Å². The third-order valence-electron chi connectivity index (χ3n) is 7.92. The summed E-state index contributed by atoms with van der Waals surface area (Å²) in [4.78, 5) is 0. The predicted molar refractivity (Wildman–Crippen MR) is 86.8 cm³/mol. The first-order chi connectivity index (χ1) is 9.95. The van der Waals surface area contributed by atoms with E-state index in [4.69, 9.17) is 0 Å². The number of hydrogen-bond donors (Lipinski definition) is 1. The molecule has 6 atom stereocenters. The minimum Gasteiger partial charge on any atom is -0.393 e. The van der Waals surface area contributed by atoms with E-state index in [1.807, 2.05) is 0 Å². The molecular formula is C20H30O. The third-order valence-corrected chi connectivity index (χ3v) is 7.92. The van der Waals surface area contributed by atoms with Crippen LogP contribution in [0.2, 0.25) is 0 Å². The number of allylic oxidation sites excluding steroid dienone is 4. The third kappa shape index (κ3) is 1.79. The van der Waals surface area contributed by atoms with E-state index in [-0.39, 0.29) is 11.5 Å². The molecule has 116 valence electrons. The molecule has 0 heterocycles. The van der Waals surface area contributed by atoms with Crippen molar-refractivity contribution in [1.82, 2.24) is 0 Å². The Labute approximate surface area is 129 Å². The molecule has 1 unspecified atom stereocenters. The van der Waals surface area contributed by atoms with Crippen molar-refractivity contribution in [2.75, 3.05) is 0 Å². The normalized spacial score (nSPS) is 52.4. The van der Waals surface area contributed by atoms with Gasteiger partial charge in [-0.05, 0) is 86.0 Å². The van der Waals surface area contributed by atoms with Crippen molar-refractivity contribution in [2.24, 2.45) is 28.6 Å². The maximum Gasteiger partial charge on any atom is 0.0596 e. The van der Waals surface area contributed by atoms with Gasteiger partial charge in [-0.2, -0.15) is 0 Å². The van der Waals surface area contributed by atoms with Crippen molar-refractivity contribution in [3.63, 3.8) is 0 Å². The molecule has 0 aliphatic heterocycles. The van der Waals surface area contributed by atoms with Crippen LogP contribution in [0.25, 0.3) is 0 Å². The maximum atomic E-state index is 10.5. The van der Waals surface area contributed by atoms with Crippen LogP contribution in [-0.4, -0.2) is 11.2 Å². The molecule has 0 radical (unpaired) electrons. The van der Waals surface area contributed by atoms with Gasteiger partial charge in [-0.15, -0.1) is 0 Å². The second-order valence-electron chi connectivity index (χ2n) is 8.82. The molecule has 0 aromatic carbocycles. The number of aliphatic hydroxyl groups is 1. The molecule has 0 amide bonds. The van der Waals surface area contributed by atoms with E-state index in [2.05, 4.69) is 32.9 Å². The van der Waals surface area contributed by atoms with E-state index in [9.17, 15) is 5.11 Å². The molecule has 2 fully saturated rings. The SMILES string of the molecule is CC1=CC2=CC[C@@H]3[C@@H](CC[C@]4(C)C(O)CC[C@@H]34)[C@@]2(C)CC1. The van der Waals surface area contributed by atoms with Gasteiger partial charge in [-0.25, -0.2) is 0 Å². The Bertz CT molecular complexity index is 516. The second kappa shape index (κ2) is 4.47. The lowest BCUT2D eigenvalue weighted by molar-refractivity contribution is -0.0626. The predicted octanol–water partition coefficient (Wildman–Crippen LogP) is 4.87. The summed E-state index contributed by atoms with van der Waals surface area (Å²) in [6, 6.07) is 0. The number of hydrogen-bond acceptors (Lipinski definition) is 1. The first-order valence-electron chi connectivity index (χ1n) is 9.01. The first-order valence-corrected chi connectivity index (χ1v) is 9.01. The van der Waals surface area contributed by atoms with Gasteiger partial charge in [0.1, 0.15) is 0 Å². The number of rotatable bonds is 0. The fourth-order valence-corrected chi connectivity index (χ4v) is 6.44. The fourth-order valence-electron chi connectivity index (χ4n) is 6.44. The Hall–Kier alpha value is -0.560. The molecule has 1 heteroatoms. The van der Waals surface area contributed by atoms with Gasteiger partial charge in [-0.3, -0.25) is 0 Å². The lowest BCUT2D eigenvalue weighted by Crippen LogP contribution is -2.50. The van der Waals surface area contributed by atoms with Crippen molar-refractivity contribution < 1.29 is 5.11 Å². The molecule has 4 rings (SSSR count). The van der Waals surface area contributed by atoms with Crippen LogP contribution in [0.15, 0.2) is 23.3 Å². The van der Waals surface area contributed by atoms with Gasteiger partial charge in [0.2, 0.25) is 0 Å². The Morgan fingerprint density at radius 2 is 1.90 bits per heavy atom. The zero-order chi connectivity index (χ0) is 14.8. The molecule has 1 N–H and O–H groups in total. The summed E-state index contributed by atoms with van der Waals surface area (Å²) in [5.41, 5.74) is 3.82. The van der Waals surface area contributed by atoms with Gasteiger partial charge < -0.3 is 5.11 Å². The lowest BCUT2D eigenvalue weighted by atomic mass is 9.48. The van der Waals surface area contributed by atoms with E-state index >= 15 is 0 Å². The molecular weight excluding hydrogens is 256 g/mol. The molecule has 2 saturated carbocycles. The Kier molecular flexibility index (Phi) is 2.99. The number of fused-ring (bicyclic) bond motifs is 5. The zero-order valence-corrected chi connectivity index (χ0v) is 13.9. The van der Waals surface area contributed by atoms with Crippen LogP contribution in [0, 0.1) is 28.6 Å². The van der Waals surface area contributed by atoms with Crippen LogP contribution in [0.3, 0.4) is 0 Å². The number of aliphatic hydroxyl groups excluding tert-OH is 1. The average Bonchev–Trinajstić information content (AvgIpc) is 2.76. The highest BCUT2D eigenvalue weighted by Crippen LogP contribution is 2.64. The minimum absolute atomic E-state index is 0.0462. The summed E-state index contributed by atoms with van der Waals surface area (Å²) >= 11 is 0. The maximum absolute atomic E-state index is 10.5. The largest absolute Gasteiger partial charge is 0.393 e. The summed E-state index contributed by atoms with van der Waals surface area (Å²) in [6.45, 7) is 7.20. The van der Waals surface area contributed by atoms with Crippen molar-refractivity contribution >= 4 is 0 Å². The van der Waals surface area contributed by atoms with Crippen molar-refractivity contribution in [3.05, 3.63) is 23.3 Å². The van der Waals surface area contributed by atoms with Crippen LogP contribution in [0.5, 0.6) is 0 Å². The van der Waals surface area contributed by atoms with Crippen LogP contribution in [0.4, 0.5) is 0 Å². The Balaban J connectivity index is 1.72. The fraction of sp³-hybridized carbons (Fsp3) is 0.800. The van der Waals surface area contributed by atoms with Gasteiger partial charge in [0, 0.05) is 0 Å². The highest BCUT2D eigenvalue weighted by atomic mass is 16.3. The summed E-state index contributed by atoms with van der Waals surface area (Å²) < 4.78 is 0. The lowest BCUT2D eigenvalue weighted by Gasteiger charge is -2.56. The molecule has 0 spiro atoms. The van der Waals surface area contributed by atoms with Gasteiger partial charge in [0.15, 0.2) is 0 Å². The molecule has 0 bridgehead atoms. The molecule has 4 aliphatic rings. The van der Waals surface area contributed by atoms with Crippen molar-refractivity contribution in [3.8, 4) is 0 Å². The van der Waals surface area contributed by atoms with E-state index in [0.29, 0.717) is 5.41 Å². The molecule has 21 heavy (non-hydrogen) atoms. The standard InChI is InChI=1S/C20H30O/c1-13-8-10-19(2)14(12-13)4-5-15-16-6-7-18(21)20(16,3)11-9-17(15)19/h4,12,15-18,21H,5-11H2,1-3H3/t15-,16-,17+,18?,19-,20-/m0/s1. The first kappa shape index (κ1) is 14.1. The summed E-state index contributed by atoms with van der Waals surface area (Å²) in [6.07, 6.45) is 13.7. The second-order valence-corrected chi connectivity index (χ2v) is 8.82. The molecule has 4 aliphatic carbocycles. The molecule has 0 aromatic heterocycles. The Morgan fingerprint density at radius 1 is 1.10 bits per heavy atom. The summed E-state index contributed by atoms with van der Waals surface area (Å²) in [5, 5.41) is 10.5. The van der Waals surface area contributed by atoms with E-state index < -0.39 is 0 Å². The topological polar surface area (TPSA) is 20.2 Å². The van der Waals surface area contributed by atoms with E-state index in [1.165, 1.54) is 38.5 Å². The highest BCUT2D eigenvalue weighted by molar-refractivity contribution is 5.36. The van der Waals surface area contributed by atoms with E-state index in [0.717, 1.165) is 24.2 Å². The molecule has 0 aromatic rings. The molecule has 1 nitrogen and oxygen atoms in total. The smallest absolute Gasteiger partial charge is 0.0596 e. The van der Waals surface area contributed by atoms with Crippen LogP contribution < -0.4 is 0 Å². The molecule has 0 saturated heterocycles. The summed E-state index contributed by atoms with van der Waals surface area (Å²) in [7, 11) is 0.